The van der Waals surface area contributed by atoms with Crippen LogP contribution in [0, 0.1) is 21.4 Å². The maximum absolute atomic E-state index is 14.2. The van der Waals surface area contributed by atoms with E-state index < -0.39 is 61.1 Å². The number of nitrogens with zero attached hydrogens (tertiary/aromatic N) is 6. The number of nitrogens with one attached hydrogen (secondary N) is 4. The minimum absolute atomic E-state index is 0.0512. The van der Waals surface area contributed by atoms with Crippen LogP contribution in [0.3, 0.4) is 0 Å². The minimum Gasteiger partial charge on any atom is -0.455 e. The van der Waals surface area contributed by atoms with E-state index in [1.165, 1.54) is 41.1 Å². The van der Waals surface area contributed by atoms with Gasteiger partial charge < -0.3 is 24.8 Å². The number of fused-ring (bicyclic) bond motifs is 2. The third-order valence-electron chi connectivity index (χ3n) is 17.1. The fourth-order valence-electron chi connectivity index (χ4n) is 12.3. The van der Waals surface area contributed by atoms with Gasteiger partial charge in [-0.1, -0.05) is 55.3 Å². The Balaban J connectivity index is 0.695. The van der Waals surface area contributed by atoms with E-state index in [1.54, 1.807) is 36.5 Å². The molecule has 4 N–H and O–H groups in total. The number of ether oxygens (including phenoxy) is 1. The zero-order valence-corrected chi connectivity index (χ0v) is 48.5. The van der Waals surface area contributed by atoms with Gasteiger partial charge in [0.1, 0.15) is 28.9 Å². The molecule has 0 bridgehead atoms. The number of pyridine rings is 1. The van der Waals surface area contributed by atoms with Crippen molar-refractivity contribution in [3.8, 4) is 11.5 Å². The normalized spacial score (nSPS) is 19.0. The summed E-state index contributed by atoms with van der Waals surface area (Å²) in [4.78, 5) is 92.1. The number of hydrogen-bond acceptors (Lipinski definition) is 15. The molecule has 3 saturated heterocycles. The topological polar surface area (TPSA) is 250 Å². The number of allylic oxidation sites excluding steroid dienone is 1. The molecular formula is C62H67ClN10O10S. The molecule has 1 aliphatic carbocycles. The minimum atomic E-state index is -4.64. The standard InChI is InChI=1S/C62H67ClN10O10S/c1-62(2)23-19-43(50(35-62)40-9-11-44(63)12-10-40)38-70-28-30-71(31-29-70)45-13-15-48(54(33-45)83-46-32-42-20-24-64-57(42)66-37-46)58(75)68-84(81,82)47-14-16-51(53(34-47)73(79)80)65-36-39-21-26-69(27-22-39)25-4-3-6-41-7-5-8-49-56(41)61(78)72(60(49)77)52-17-18-55(74)67-59(52)76/h5,7-16,20,24,32-34,37,39,52,65H,3-4,6,17-19,21-23,25-31,35-36,38H2,1-2H3,(H,64,66)(H,68,75)(H,67,74,76). The number of aromatic amines is 1. The van der Waals surface area contributed by atoms with E-state index in [0.717, 1.165) is 112 Å². The summed E-state index contributed by atoms with van der Waals surface area (Å²) in [6.07, 6.45) is 10.4. The van der Waals surface area contributed by atoms with Crippen LogP contribution < -0.4 is 25.0 Å². The molecule has 1 atom stereocenters. The zero-order chi connectivity index (χ0) is 58.9. The van der Waals surface area contributed by atoms with Crippen LogP contribution in [0.5, 0.6) is 11.5 Å². The van der Waals surface area contributed by atoms with Crippen LogP contribution in [0.2, 0.25) is 5.02 Å². The Kier molecular flexibility index (Phi) is 16.7. The molecule has 5 amide bonds. The highest BCUT2D eigenvalue weighted by Gasteiger charge is 2.45. The van der Waals surface area contributed by atoms with Gasteiger partial charge in [0.15, 0.2) is 0 Å². The smallest absolute Gasteiger partial charge is 0.293 e. The molecule has 22 heteroatoms. The molecule has 6 heterocycles. The molecule has 6 aromatic rings. The number of carbonyl (C=O) groups is 5. The number of sulfonamides is 1. The average molecular weight is 1180 g/mol. The van der Waals surface area contributed by atoms with Crippen molar-refractivity contribution < 1.29 is 42.1 Å². The Morgan fingerprint density at radius 3 is 2.43 bits per heavy atom. The van der Waals surface area contributed by atoms with Crippen LogP contribution in [0.4, 0.5) is 17.1 Å². The lowest BCUT2D eigenvalue weighted by molar-refractivity contribution is -0.384. The number of H-pyrrole nitrogens is 1. The third-order valence-corrected chi connectivity index (χ3v) is 18.6. The summed E-state index contributed by atoms with van der Waals surface area (Å²) < 4.78 is 36.5. The summed E-state index contributed by atoms with van der Waals surface area (Å²) in [5, 5.41) is 19.4. The fourth-order valence-corrected chi connectivity index (χ4v) is 13.4. The molecule has 4 aliphatic heterocycles. The third kappa shape index (κ3) is 12.7. The van der Waals surface area contributed by atoms with Crippen molar-refractivity contribution in [1.82, 2.24) is 34.7 Å². The summed E-state index contributed by atoms with van der Waals surface area (Å²) >= 11 is 6.27. The van der Waals surface area contributed by atoms with Crippen LogP contribution in [0.15, 0.2) is 114 Å². The summed E-state index contributed by atoms with van der Waals surface area (Å²) in [7, 11) is -4.64. The van der Waals surface area contributed by atoms with E-state index >= 15 is 0 Å². The first-order chi connectivity index (χ1) is 40.4. The Bertz CT molecular complexity index is 3720. The first-order valence-corrected chi connectivity index (χ1v) is 30.6. The molecule has 5 aliphatic rings. The number of rotatable bonds is 19. The van der Waals surface area contributed by atoms with E-state index in [0.29, 0.717) is 48.0 Å². The maximum atomic E-state index is 14.2. The highest BCUT2D eigenvalue weighted by Crippen LogP contribution is 2.44. The van der Waals surface area contributed by atoms with Gasteiger partial charge in [0, 0.05) is 80.1 Å². The molecule has 4 aromatic carbocycles. The monoisotopic (exact) mass is 1180 g/mol. The zero-order valence-electron chi connectivity index (χ0n) is 47.0. The van der Waals surface area contributed by atoms with E-state index in [4.69, 9.17) is 16.3 Å². The molecular weight excluding hydrogens is 1110 g/mol. The number of anilines is 2. The lowest BCUT2D eigenvalue weighted by Crippen LogP contribution is -2.54. The predicted octanol–water partition coefficient (Wildman–Crippen LogP) is 9.37. The van der Waals surface area contributed by atoms with Crippen LogP contribution in [-0.2, 0) is 26.0 Å². The molecule has 0 radical (unpaired) electrons. The van der Waals surface area contributed by atoms with Gasteiger partial charge in [-0.3, -0.25) is 49.2 Å². The number of aromatic nitrogens is 2. The van der Waals surface area contributed by atoms with E-state index in [1.807, 2.05) is 24.3 Å². The Labute approximate surface area is 492 Å². The van der Waals surface area contributed by atoms with E-state index in [2.05, 4.69) is 66.0 Å². The van der Waals surface area contributed by atoms with E-state index in [-0.39, 0.29) is 46.7 Å². The number of benzene rings is 4. The van der Waals surface area contributed by atoms with Gasteiger partial charge in [0.2, 0.25) is 11.8 Å². The molecule has 0 saturated carbocycles. The quantitative estimate of drug-likeness (QED) is 0.0255. The Morgan fingerprint density at radius 1 is 0.881 bits per heavy atom. The number of unbranched alkanes of at least 4 members (excludes halogenated alkanes) is 1. The van der Waals surface area contributed by atoms with Crippen molar-refractivity contribution >= 4 is 84.8 Å². The van der Waals surface area contributed by atoms with Crippen molar-refractivity contribution in [2.24, 2.45) is 11.3 Å². The van der Waals surface area contributed by atoms with Gasteiger partial charge in [-0.25, -0.2) is 18.1 Å². The number of halogens is 1. The number of likely N-dealkylation sites (tertiary alicyclic amines) is 1. The van der Waals surface area contributed by atoms with Crippen LogP contribution in [-0.4, -0.2) is 132 Å². The molecule has 438 valence electrons. The molecule has 3 fully saturated rings. The van der Waals surface area contributed by atoms with Gasteiger partial charge in [-0.2, -0.15) is 0 Å². The number of amides is 5. The van der Waals surface area contributed by atoms with Crippen molar-refractivity contribution in [3.63, 3.8) is 0 Å². The summed E-state index contributed by atoms with van der Waals surface area (Å²) in [6, 6.07) is 24.5. The lowest BCUT2D eigenvalue weighted by Gasteiger charge is -2.39. The number of nitro benzene ring substituents is 1. The predicted molar refractivity (Wildman–Crippen MR) is 319 cm³/mol. The number of nitro groups is 1. The molecule has 0 spiro atoms. The fraction of sp³-hybridized carbons (Fsp3) is 0.387. The first-order valence-electron chi connectivity index (χ1n) is 28.7. The van der Waals surface area contributed by atoms with Gasteiger partial charge >= 0.3 is 0 Å². The number of carbonyl (C=O) groups excluding carboxylic acids is 5. The Hall–Kier alpha value is -7.98. The van der Waals surface area contributed by atoms with Gasteiger partial charge in [0.05, 0.1) is 32.7 Å². The van der Waals surface area contributed by atoms with Crippen molar-refractivity contribution in [1.29, 1.82) is 0 Å². The van der Waals surface area contributed by atoms with E-state index in [9.17, 15) is 42.5 Å². The lowest BCUT2D eigenvalue weighted by atomic mass is 9.72. The van der Waals surface area contributed by atoms with Crippen molar-refractivity contribution in [2.45, 2.75) is 89.0 Å². The molecule has 1 unspecified atom stereocenters. The second-order valence-corrected chi connectivity index (χ2v) is 25.5. The largest absolute Gasteiger partial charge is 0.455 e. The number of piperazine rings is 1. The molecule has 20 nitrogen and oxygen atoms in total. The number of aryl methyl sites for hydroxylation is 1. The highest BCUT2D eigenvalue weighted by atomic mass is 35.5. The van der Waals surface area contributed by atoms with Crippen molar-refractivity contribution in [3.05, 3.63) is 152 Å². The second-order valence-electron chi connectivity index (χ2n) is 23.3. The Morgan fingerprint density at radius 2 is 1.67 bits per heavy atom. The van der Waals surface area contributed by atoms with Gasteiger partial charge in [-0.15, -0.1) is 0 Å². The van der Waals surface area contributed by atoms with Crippen molar-refractivity contribution in [2.75, 3.05) is 69.1 Å². The SMILES string of the molecule is CC1(C)CCC(CN2CCN(c3ccc(C(=O)NS(=O)(=O)c4ccc(NCC5CCN(CCCCc6cccc7c6C(=O)N(C6CCC(=O)NC6=O)C7=O)CC5)c([N+](=O)[O-])c4)c(Oc4cnc5[nH]ccc5c4)c3)CC2)=C(c2ccc(Cl)cc2)C1. The van der Waals surface area contributed by atoms with Crippen LogP contribution in [0.1, 0.15) is 114 Å². The number of hydrogen-bond donors (Lipinski definition) is 4. The number of piperidine rings is 2. The average Bonchev–Trinajstić information content (AvgIpc) is 4.24. The maximum Gasteiger partial charge on any atom is 0.293 e. The summed E-state index contributed by atoms with van der Waals surface area (Å²) in [6.45, 7) is 11.3. The van der Waals surface area contributed by atoms with Gasteiger partial charge in [0.25, 0.3) is 33.4 Å². The van der Waals surface area contributed by atoms with Crippen LogP contribution >= 0.6 is 11.6 Å². The first kappa shape index (κ1) is 57.8. The summed E-state index contributed by atoms with van der Waals surface area (Å²) in [5.74, 6) is -2.47. The summed E-state index contributed by atoms with van der Waals surface area (Å²) in [5.41, 5.74) is 6.66. The molecule has 84 heavy (non-hydrogen) atoms. The number of imide groups is 2. The van der Waals surface area contributed by atoms with Gasteiger partial charge in [-0.05, 0) is 160 Å². The molecule has 11 rings (SSSR count). The van der Waals surface area contributed by atoms with Crippen LogP contribution in [0.25, 0.3) is 16.6 Å². The second kappa shape index (κ2) is 24.3. The molecule has 2 aromatic heterocycles. The highest BCUT2D eigenvalue weighted by molar-refractivity contribution is 7.90.